The lowest BCUT2D eigenvalue weighted by Gasteiger charge is -2.26. The number of rotatable bonds is 6. The van der Waals surface area contributed by atoms with E-state index in [2.05, 4.69) is 15.3 Å². The number of methoxy groups -OCH3 is 2. The minimum absolute atomic E-state index is 0.0867. The molecule has 2 heterocycles. The Labute approximate surface area is 182 Å². The van der Waals surface area contributed by atoms with Gasteiger partial charge in [0.05, 0.1) is 19.8 Å². The minimum atomic E-state index is -0.527. The maximum atomic E-state index is 13.1. The molecule has 1 aliphatic heterocycles. The molecule has 0 radical (unpaired) electrons. The van der Waals surface area contributed by atoms with Gasteiger partial charge in [0.1, 0.15) is 23.1 Å². The molecule has 2 N–H and O–H groups in total. The number of aromatic amines is 1. The quantitative estimate of drug-likeness (QED) is 0.448. The summed E-state index contributed by atoms with van der Waals surface area (Å²) in [6.45, 7) is 0. The lowest BCUT2D eigenvalue weighted by Crippen LogP contribution is -2.31. The van der Waals surface area contributed by atoms with Crippen LogP contribution < -0.4 is 20.3 Å². The average molecular weight is 441 g/mol. The number of H-pyrrole nitrogens is 1. The average Bonchev–Trinajstić information content (AvgIpc) is 2.77. The Kier molecular flexibility index (Phi) is 5.94. The van der Waals surface area contributed by atoms with E-state index in [4.69, 9.17) is 9.47 Å². The van der Waals surface area contributed by atoms with E-state index < -0.39 is 5.92 Å². The van der Waals surface area contributed by atoms with Crippen LogP contribution in [0.3, 0.4) is 0 Å². The summed E-state index contributed by atoms with van der Waals surface area (Å²) in [5.41, 5.74) is 1.60. The van der Waals surface area contributed by atoms with Gasteiger partial charge in [0, 0.05) is 23.7 Å². The van der Waals surface area contributed by atoms with Crippen LogP contribution in [0.4, 0.5) is 10.2 Å². The van der Waals surface area contributed by atoms with E-state index in [9.17, 15) is 14.0 Å². The smallest absolute Gasteiger partial charge is 0.257 e. The van der Waals surface area contributed by atoms with Crippen molar-refractivity contribution in [1.82, 2.24) is 9.97 Å². The van der Waals surface area contributed by atoms with Gasteiger partial charge in [-0.2, -0.15) is 0 Å². The van der Waals surface area contributed by atoms with Crippen LogP contribution in [-0.4, -0.2) is 30.1 Å². The maximum Gasteiger partial charge on any atom is 0.257 e. The summed E-state index contributed by atoms with van der Waals surface area (Å²) in [6.07, 6.45) is 0.0867. The van der Waals surface area contributed by atoms with Crippen molar-refractivity contribution >= 4 is 23.5 Å². The molecule has 0 saturated heterocycles. The molecule has 2 aromatic carbocycles. The largest absolute Gasteiger partial charge is 0.497 e. The van der Waals surface area contributed by atoms with E-state index in [0.717, 1.165) is 5.56 Å². The molecule has 7 nitrogen and oxygen atoms in total. The molecular formula is C22H20FN3O4S. The summed E-state index contributed by atoms with van der Waals surface area (Å²) >= 11 is 1.29. The molecular weight excluding hydrogens is 421 g/mol. The van der Waals surface area contributed by atoms with Gasteiger partial charge in [-0.25, -0.2) is 9.37 Å². The molecule has 9 heteroatoms. The number of amides is 1. The van der Waals surface area contributed by atoms with Gasteiger partial charge in [0.15, 0.2) is 5.16 Å². The molecule has 4 rings (SSSR count). The van der Waals surface area contributed by atoms with E-state index in [1.54, 1.807) is 37.4 Å². The van der Waals surface area contributed by atoms with Crippen molar-refractivity contribution < 1.29 is 18.7 Å². The first-order chi connectivity index (χ1) is 15.0. The van der Waals surface area contributed by atoms with E-state index >= 15 is 0 Å². The van der Waals surface area contributed by atoms with Crippen LogP contribution in [0.15, 0.2) is 52.4 Å². The number of ether oxygens (including phenoxy) is 2. The number of thioether (sulfide) groups is 1. The topological polar surface area (TPSA) is 93.3 Å². The van der Waals surface area contributed by atoms with Crippen molar-refractivity contribution in [2.45, 2.75) is 23.2 Å². The second kappa shape index (κ2) is 8.81. The van der Waals surface area contributed by atoms with Gasteiger partial charge in [-0.15, -0.1) is 0 Å². The first-order valence-electron chi connectivity index (χ1n) is 9.51. The molecule has 31 heavy (non-hydrogen) atoms. The number of hydrogen-bond acceptors (Lipinski definition) is 6. The molecule has 0 fully saturated rings. The van der Waals surface area contributed by atoms with Crippen LogP contribution in [0.5, 0.6) is 11.5 Å². The molecule has 0 aliphatic carbocycles. The Bertz CT molecular complexity index is 1180. The number of benzene rings is 2. The highest BCUT2D eigenvalue weighted by atomic mass is 32.2. The summed E-state index contributed by atoms with van der Waals surface area (Å²) in [5.74, 6) is 0.798. The number of nitrogens with one attached hydrogen (secondary N) is 2. The maximum absolute atomic E-state index is 13.1. The number of carbonyl (C=O) groups is 1. The molecule has 0 bridgehead atoms. The van der Waals surface area contributed by atoms with Gasteiger partial charge < -0.3 is 19.8 Å². The third-order valence-electron chi connectivity index (χ3n) is 5.03. The van der Waals surface area contributed by atoms with Gasteiger partial charge in [0.2, 0.25) is 5.91 Å². The zero-order chi connectivity index (χ0) is 22.0. The third kappa shape index (κ3) is 4.41. The first kappa shape index (κ1) is 20.9. The van der Waals surface area contributed by atoms with Crippen molar-refractivity contribution in [2.24, 2.45) is 0 Å². The van der Waals surface area contributed by atoms with Crippen molar-refractivity contribution in [3.05, 3.63) is 75.3 Å². The van der Waals surface area contributed by atoms with Crippen LogP contribution in [0, 0.1) is 5.82 Å². The van der Waals surface area contributed by atoms with Crippen molar-refractivity contribution in [1.29, 1.82) is 0 Å². The predicted molar refractivity (Wildman–Crippen MR) is 115 cm³/mol. The second-order valence-electron chi connectivity index (χ2n) is 6.96. The molecule has 0 unspecified atom stereocenters. The van der Waals surface area contributed by atoms with Crippen LogP contribution in [0.25, 0.3) is 0 Å². The summed E-state index contributed by atoms with van der Waals surface area (Å²) in [4.78, 5) is 32.7. The number of aromatic nitrogens is 2. The Hall–Kier alpha value is -3.33. The molecule has 0 spiro atoms. The van der Waals surface area contributed by atoms with Crippen LogP contribution >= 0.6 is 11.8 Å². The Balaban J connectivity index is 1.69. The van der Waals surface area contributed by atoms with E-state index in [0.29, 0.717) is 33.5 Å². The third-order valence-corrected chi connectivity index (χ3v) is 5.97. The van der Waals surface area contributed by atoms with Gasteiger partial charge in [-0.05, 0) is 35.9 Å². The van der Waals surface area contributed by atoms with Crippen LogP contribution in [0.1, 0.15) is 29.0 Å². The molecule has 1 aliphatic rings. The number of anilines is 1. The predicted octanol–water partition coefficient (Wildman–Crippen LogP) is 3.69. The number of hydrogen-bond donors (Lipinski definition) is 2. The lowest BCUT2D eigenvalue weighted by molar-refractivity contribution is -0.116. The zero-order valence-electron chi connectivity index (χ0n) is 16.9. The van der Waals surface area contributed by atoms with E-state index in [-0.39, 0.29) is 29.5 Å². The zero-order valence-corrected chi connectivity index (χ0v) is 17.7. The highest BCUT2D eigenvalue weighted by molar-refractivity contribution is 7.98. The molecule has 1 amide bonds. The van der Waals surface area contributed by atoms with Gasteiger partial charge in [0.25, 0.3) is 5.56 Å². The normalized spacial score (nSPS) is 15.2. The van der Waals surface area contributed by atoms with Crippen LogP contribution in [0.2, 0.25) is 0 Å². The first-order valence-corrected chi connectivity index (χ1v) is 10.5. The highest BCUT2D eigenvalue weighted by Gasteiger charge is 2.33. The van der Waals surface area contributed by atoms with E-state index in [1.165, 1.54) is 31.0 Å². The summed E-state index contributed by atoms with van der Waals surface area (Å²) in [6, 6.07) is 11.4. The summed E-state index contributed by atoms with van der Waals surface area (Å²) in [7, 11) is 3.08. The molecule has 160 valence electrons. The number of carbonyl (C=O) groups excluding carboxylic acids is 1. The fourth-order valence-electron chi connectivity index (χ4n) is 3.53. The molecule has 1 atom stereocenters. The summed E-state index contributed by atoms with van der Waals surface area (Å²) in [5, 5.41) is 3.07. The molecule has 3 aromatic rings. The van der Waals surface area contributed by atoms with Crippen molar-refractivity contribution in [3.8, 4) is 11.5 Å². The standard InChI is InChI=1S/C22H20FN3O4S/c1-29-14-7-8-17(30-2)15(9-14)16-10-18(27)24-20-19(16)21(28)26-22(25-20)31-11-12-3-5-13(23)6-4-12/h3-9,16H,10-11H2,1-2H3,(H2,24,25,26,27,28)/t16-/m1/s1. The minimum Gasteiger partial charge on any atom is -0.497 e. The number of nitrogens with zero attached hydrogens (tertiary/aromatic N) is 1. The fraction of sp³-hybridized carbons (Fsp3) is 0.227. The van der Waals surface area contributed by atoms with Crippen LogP contribution in [-0.2, 0) is 10.5 Å². The van der Waals surface area contributed by atoms with E-state index in [1.807, 2.05) is 0 Å². The Morgan fingerprint density at radius 2 is 1.90 bits per heavy atom. The SMILES string of the molecule is COc1ccc(OC)c([C@H]2CC(=O)Nc3nc(SCc4ccc(F)cc4)[nH]c(=O)c32)c1. The number of fused-ring (bicyclic) bond motifs is 1. The number of halogens is 1. The van der Waals surface area contributed by atoms with Crippen molar-refractivity contribution in [2.75, 3.05) is 19.5 Å². The second-order valence-corrected chi connectivity index (χ2v) is 7.93. The molecule has 0 saturated carbocycles. The van der Waals surface area contributed by atoms with Gasteiger partial charge in [-0.1, -0.05) is 23.9 Å². The highest BCUT2D eigenvalue weighted by Crippen LogP contribution is 2.40. The summed E-state index contributed by atoms with van der Waals surface area (Å²) < 4.78 is 23.8. The van der Waals surface area contributed by atoms with Gasteiger partial charge in [-0.3, -0.25) is 9.59 Å². The molecule has 1 aromatic heterocycles. The van der Waals surface area contributed by atoms with Crippen molar-refractivity contribution in [3.63, 3.8) is 0 Å². The van der Waals surface area contributed by atoms with Gasteiger partial charge >= 0.3 is 0 Å². The fourth-order valence-corrected chi connectivity index (χ4v) is 4.35. The Morgan fingerprint density at radius 3 is 2.61 bits per heavy atom. The Morgan fingerprint density at radius 1 is 1.13 bits per heavy atom. The lowest BCUT2D eigenvalue weighted by atomic mass is 9.86. The monoisotopic (exact) mass is 441 g/mol.